The minimum absolute atomic E-state index is 0.217. The van der Waals surface area contributed by atoms with Crippen molar-refractivity contribution in [3.05, 3.63) is 60.4 Å². The highest BCUT2D eigenvalue weighted by atomic mass is 15.2. The number of hydrogen-bond acceptors (Lipinski definition) is 2. The van der Waals surface area contributed by atoms with E-state index in [9.17, 15) is 0 Å². The number of aromatic amines is 1. The largest absolute Gasteiger partial charge is 0.362 e. The topological polar surface area (TPSA) is 31.9 Å². The fourth-order valence-electron chi connectivity index (χ4n) is 2.62. The van der Waals surface area contributed by atoms with E-state index in [1.165, 1.54) is 5.69 Å². The summed E-state index contributed by atoms with van der Waals surface area (Å²) in [5, 5.41) is 0. The second-order valence-corrected chi connectivity index (χ2v) is 4.94. The van der Waals surface area contributed by atoms with Crippen molar-refractivity contribution in [1.29, 1.82) is 0 Å². The third kappa shape index (κ3) is 2.27. The van der Waals surface area contributed by atoms with Crippen LogP contribution in [0.1, 0.15) is 25.7 Å². The van der Waals surface area contributed by atoms with E-state index in [4.69, 9.17) is 4.98 Å². The van der Waals surface area contributed by atoms with Crippen LogP contribution >= 0.6 is 0 Å². The van der Waals surface area contributed by atoms with E-state index in [1.807, 2.05) is 24.3 Å². The first-order valence-electron chi connectivity index (χ1n) is 7.06. The van der Waals surface area contributed by atoms with Crippen molar-refractivity contribution in [3.63, 3.8) is 0 Å². The standard InChI is InChI=1S/C17H19N3/c1-3-20(14-9-5-4-6-10-14)13(2)17-18-15-11-7-8-12-16(15)19-17/h4-13H,3H2,1-2H3,(H,18,19). The van der Waals surface area contributed by atoms with Crippen molar-refractivity contribution in [2.75, 3.05) is 11.4 Å². The van der Waals surface area contributed by atoms with E-state index in [1.54, 1.807) is 0 Å². The van der Waals surface area contributed by atoms with Gasteiger partial charge in [-0.15, -0.1) is 0 Å². The van der Waals surface area contributed by atoms with Gasteiger partial charge < -0.3 is 9.88 Å². The van der Waals surface area contributed by atoms with Crippen molar-refractivity contribution in [1.82, 2.24) is 9.97 Å². The summed E-state index contributed by atoms with van der Waals surface area (Å²) >= 11 is 0. The summed E-state index contributed by atoms with van der Waals surface area (Å²) in [6.07, 6.45) is 0. The average Bonchev–Trinajstić information content (AvgIpc) is 2.93. The zero-order valence-corrected chi connectivity index (χ0v) is 11.9. The molecule has 1 aromatic heterocycles. The molecule has 3 rings (SSSR count). The first-order valence-corrected chi connectivity index (χ1v) is 7.06. The minimum atomic E-state index is 0.217. The number of aromatic nitrogens is 2. The van der Waals surface area contributed by atoms with Crippen LogP contribution in [0.4, 0.5) is 5.69 Å². The monoisotopic (exact) mass is 265 g/mol. The minimum Gasteiger partial charge on any atom is -0.362 e. The van der Waals surface area contributed by atoms with Crippen LogP contribution in [0.15, 0.2) is 54.6 Å². The van der Waals surface area contributed by atoms with Crippen molar-refractivity contribution >= 4 is 16.7 Å². The van der Waals surface area contributed by atoms with E-state index in [-0.39, 0.29) is 6.04 Å². The average molecular weight is 265 g/mol. The lowest BCUT2D eigenvalue weighted by molar-refractivity contribution is 0.658. The molecule has 1 heterocycles. The second-order valence-electron chi connectivity index (χ2n) is 4.94. The van der Waals surface area contributed by atoms with E-state index in [0.29, 0.717) is 0 Å². The number of imidazole rings is 1. The van der Waals surface area contributed by atoms with Crippen molar-refractivity contribution in [2.45, 2.75) is 19.9 Å². The lowest BCUT2D eigenvalue weighted by Crippen LogP contribution is -2.27. The van der Waals surface area contributed by atoms with Gasteiger partial charge in [0.25, 0.3) is 0 Å². The van der Waals surface area contributed by atoms with E-state index in [0.717, 1.165) is 23.4 Å². The normalized spacial score (nSPS) is 12.5. The number of benzene rings is 2. The van der Waals surface area contributed by atoms with Crippen LogP contribution in [0.3, 0.4) is 0 Å². The molecule has 0 aliphatic rings. The van der Waals surface area contributed by atoms with Gasteiger partial charge >= 0.3 is 0 Å². The van der Waals surface area contributed by atoms with Gasteiger partial charge in [-0.3, -0.25) is 0 Å². The Labute approximate surface area is 119 Å². The number of rotatable bonds is 4. The lowest BCUT2D eigenvalue weighted by atomic mass is 10.2. The highest BCUT2D eigenvalue weighted by molar-refractivity contribution is 5.75. The maximum absolute atomic E-state index is 4.71. The molecule has 0 bridgehead atoms. The Morgan fingerprint density at radius 3 is 2.45 bits per heavy atom. The van der Waals surface area contributed by atoms with Crippen LogP contribution in [-0.2, 0) is 0 Å². The summed E-state index contributed by atoms with van der Waals surface area (Å²) in [4.78, 5) is 10.5. The summed E-state index contributed by atoms with van der Waals surface area (Å²) < 4.78 is 0. The van der Waals surface area contributed by atoms with Gasteiger partial charge in [0.15, 0.2) is 0 Å². The van der Waals surface area contributed by atoms with Gasteiger partial charge in [-0.2, -0.15) is 0 Å². The maximum Gasteiger partial charge on any atom is 0.129 e. The molecule has 20 heavy (non-hydrogen) atoms. The molecule has 0 radical (unpaired) electrons. The molecule has 0 saturated heterocycles. The number of para-hydroxylation sites is 3. The maximum atomic E-state index is 4.71. The lowest BCUT2D eigenvalue weighted by Gasteiger charge is -2.28. The smallest absolute Gasteiger partial charge is 0.129 e. The fourth-order valence-corrected chi connectivity index (χ4v) is 2.62. The summed E-state index contributed by atoms with van der Waals surface area (Å²) in [6, 6.07) is 18.9. The molecule has 3 heteroatoms. The Hall–Kier alpha value is -2.29. The summed E-state index contributed by atoms with van der Waals surface area (Å²) in [7, 11) is 0. The Morgan fingerprint density at radius 2 is 1.75 bits per heavy atom. The highest BCUT2D eigenvalue weighted by Crippen LogP contribution is 2.26. The number of fused-ring (bicyclic) bond motifs is 1. The molecule has 0 fully saturated rings. The van der Waals surface area contributed by atoms with Crippen LogP contribution < -0.4 is 4.90 Å². The van der Waals surface area contributed by atoms with Crippen molar-refractivity contribution in [2.24, 2.45) is 0 Å². The van der Waals surface area contributed by atoms with Gasteiger partial charge in [0, 0.05) is 12.2 Å². The van der Waals surface area contributed by atoms with E-state index >= 15 is 0 Å². The van der Waals surface area contributed by atoms with Gasteiger partial charge in [0.05, 0.1) is 17.1 Å². The first-order chi connectivity index (χ1) is 9.79. The summed E-state index contributed by atoms with van der Waals surface area (Å²) in [5.41, 5.74) is 3.35. The molecule has 3 nitrogen and oxygen atoms in total. The molecule has 0 saturated carbocycles. The van der Waals surface area contributed by atoms with Crippen molar-refractivity contribution in [3.8, 4) is 0 Å². The molecule has 2 aromatic carbocycles. The van der Waals surface area contributed by atoms with Gasteiger partial charge in [-0.25, -0.2) is 4.98 Å². The van der Waals surface area contributed by atoms with Crippen LogP contribution in [0.2, 0.25) is 0 Å². The number of H-pyrrole nitrogens is 1. The third-order valence-electron chi connectivity index (χ3n) is 3.70. The summed E-state index contributed by atoms with van der Waals surface area (Å²) in [6.45, 7) is 5.31. The van der Waals surface area contributed by atoms with Gasteiger partial charge in [0.1, 0.15) is 5.82 Å². The molecule has 1 unspecified atom stereocenters. The Morgan fingerprint density at radius 1 is 1.05 bits per heavy atom. The van der Waals surface area contributed by atoms with Gasteiger partial charge in [-0.1, -0.05) is 30.3 Å². The van der Waals surface area contributed by atoms with Crippen LogP contribution in [-0.4, -0.2) is 16.5 Å². The van der Waals surface area contributed by atoms with Gasteiger partial charge in [0.2, 0.25) is 0 Å². The highest BCUT2D eigenvalue weighted by Gasteiger charge is 2.17. The molecule has 0 amide bonds. The zero-order chi connectivity index (χ0) is 13.9. The van der Waals surface area contributed by atoms with Gasteiger partial charge in [-0.05, 0) is 38.1 Å². The molecular weight excluding hydrogens is 246 g/mol. The molecular formula is C17H19N3. The Balaban J connectivity index is 1.95. The second kappa shape index (κ2) is 5.37. The number of hydrogen-bond donors (Lipinski definition) is 1. The molecule has 102 valence electrons. The molecule has 1 atom stereocenters. The number of nitrogens with one attached hydrogen (secondary N) is 1. The van der Waals surface area contributed by atoms with Crippen LogP contribution in [0.25, 0.3) is 11.0 Å². The number of nitrogens with zero attached hydrogens (tertiary/aromatic N) is 2. The fraction of sp³-hybridized carbons (Fsp3) is 0.235. The zero-order valence-electron chi connectivity index (χ0n) is 11.9. The molecule has 0 spiro atoms. The Kier molecular flexibility index (Phi) is 3.42. The first kappa shape index (κ1) is 12.7. The molecule has 0 aliphatic heterocycles. The van der Waals surface area contributed by atoms with Crippen LogP contribution in [0.5, 0.6) is 0 Å². The number of anilines is 1. The van der Waals surface area contributed by atoms with E-state index in [2.05, 4.69) is 54.1 Å². The predicted octanol–water partition coefficient (Wildman–Crippen LogP) is 4.15. The molecule has 0 aliphatic carbocycles. The SMILES string of the molecule is CCN(c1ccccc1)C(C)c1nc2ccccc2[nH]1. The summed E-state index contributed by atoms with van der Waals surface area (Å²) in [5.74, 6) is 1.01. The molecule has 3 aromatic rings. The van der Waals surface area contributed by atoms with Crippen LogP contribution in [0, 0.1) is 0 Å². The van der Waals surface area contributed by atoms with Crippen molar-refractivity contribution < 1.29 is 0 Å². The third-order valence-corrected chi connectivity index (χ3v) is 3.70. The predicted molar refractivity (Wildman–Crippen MR) is 84.0 cm³/mol. The Bertz CT molecular complexity index is 655. The quantitative estimate of drug-likeness (QED) is 0.768. The van der Waals surface area contributed by atoms with E-state index < -0.39 is 0 Å². The molecule has 1 N–H and O–H groups in total.